The van der Waals surface area contributed by atoms with Crippen LogP contribution in [0.2, 0.25) is 0 Å². The van der Waals surface area contributed by atoms with Crippen molar-refractivity contribution in [2.24, 2.45) is 0 Å². The standard InChI is InChI=1S/C56H36O2/c1-3-13-36(14-4-1)52-33-42-18-11-23-47(55(42)58-52)45-22-12-24-51-54(45)50-34-49(44-20-9-10-21-46(44)56(50)57-51)35-25-27-38(28-26-35)53(37-15-5-2-6-16-37)41-30-29-40-31-39-17-7-8-19-43(39)48(40)32-41/h1-30,32-34,53H,31H2. The molecule has 1 aliphatic rings. The SMILES string of the molecule is c1ccc(-c2cc3cccc(-c4cccc5oc6c7ccccc7c(-c7ccc(C(c8ccccc8)c8ccc9c(c8)-c8ccccc8C9)cc7)cc6c45)c3o2)cc1. The number of hydrogen-bond donors (Lipinski definition) is 0. The predicted octanol–water partition coefficient (Wildman–Crippen LogP) is 15.2. The van der Waals surface area contributed by atoms with E-state index in [1.165, 1.54) is 55.5 Å². The molecule has 11 aromatic rings. The Morgan fingerprint density at radius 2 is 1.03 bits per heavy atom. The molecule has 9 aromatic carbocycles. The van der Waals surface area contributed by atoms with Gasteiger partial charge in [-0.25, -0.2) is 0 Å². The molecule has 0 radical (unpaired) electrons. The third kappa shape index (κ3) is 5.19. The zero-order chi connectivity index (χ0) is 38.2. The van der Waals surface area contributed by atoms with Gasteiger partial charge < -0.3 is 8.83 Å². The molecule has 0 saturated carbocycles. The van der Waals surface area contributed by atoms with Crippen molar-refractivity contribution in [2.75, 3.05) is 0 Å². The molecule has 58 heavy (non-hydrogen) atoms. The molecule has 2 heterocycles. The third-order valence-corrected chi connectivity index (χ3v) is 12.2. The Bertz CT molecular complexity index is 3350. The summed E-state index contributed by atoms with van der Waals surface area (Å²) in [6.45, 7) is 0. The van der Waals surface area contributed by atoms with Crippen LogP contribution in [-0.4, -0.2) is 0 Å². The van der Waals surface area contributed by atoms with Crippen LogP contribution in [-0.2, 0) is 6.42 Å². The van der Waals surface area contributed by atoms with Crippen LogP contribution >= 0.6 is 0 Å². The number of benzene rings is 9. The molecule has 1 unspecified atom stereocenters. The van der Waals surface area contributed by atoms with Crippen LogP contribution in [0.25, 0.3) is 88.4 Å². The summed E-state index contributed by atoms with van der Waals surface area (Å²) >= 11 is 0. The van der Waals surface area contributed by atoms with Gasteiger partial charge in [-0.15, -0.1) is 0 Å². The lowest BCUT2D eigenvalue weighted by Crippen LogP contribution is -2.04. The number of fused-ring (bicyclic) bond motifs is 9. The Morgan fingerprint density at radius 3 is 1.90 bits per heavy atom. The van der Waals surface area contributed by atoms with Crippen molar-refractivity contribution < 1.29 is 8.83 Å². The second kappa shape index (κ2) is 13.1. The summed E-state index contributed by atoms with van der Waals surface area (Å²) in [5.74, 6) is 0.958. The molecule has 12 rings (SSSR count). The van der Waals surface area contributed by atoms with Crippen molar-refractivity contribution in [3.63, 3.8) is 0 Å². The number of furan rings is 2. The number of rotatable bonds is 6. The summed E-state index contributed by atoms with van der Waals surface area (Å²) in [6, 6.07) is 72.4. The van der Waals surface area contributed by atoms with Gasteiger partial charge in [0, 0.05) is 38.6 Å². The molecule has 0 amide bonds. The van der Waals surface area contributed by atoms with Crippen LogP contribution in [0.1, 0.15) is 33.7 Å². The lowest BCUT2D eigenvalue weighted by atomic mass is 9.83. The molecule has 0 N–H and O–H groups in total. The quantitative estimate of drug-likeness (QED) is 0.159. The van der Waals surface area contributed by atoms with Crippen LogP contribution in [0.3, 0.4) is 0 Å². The second-order valence-electron chi connectivity index (χ2n) is 15.5. The highest BCUT2D eigenvalue weighted by atomic mass is 16.3. The monoisotopic (exact) mass is 740 g/mol. The van der Waals surface area contributed by atoms with Crippen molar-refractivity contribution in [1.82, 2.24) is 0 Å². The molecule has 0 saturated heterocycles. The van der Waals surface area contributed by atoms with Crippen LogP contribution in [0.15, 0.2) is 209 Å². The minimum atomic E-state index is 0.0969. The van der Waals surface area contributed by atoms with Gasteiger partial charge in [0.25, 0.3) is 0 Å². The average Bonchev–Trinajstić information content (AvgIpc) is 4.01. The van der Waals surface area contributed by atoms with Gasteiger partial charge in [-0.05, 0) is 91.7 Å². The van der Waals surface area contributed by atoms with E-state index in [0.29, 0.717) is 0 Å². The molecule has 0 fully saturated rings. The van der Waals surface area contributed by atoms with Crippen LogP contribution in [0, 0.1) is 0 Å². The van der Waals surface area contributed by atoms with E-state index in [2.05, 4.69) is 182 Å². The maximum Gasteiger partial charge on any atom is 0.143 e. The van der Waals surface area contributed by atoms with Crippen molar-refractivity contribution in [3.05, 3.63) is 228 Å². The highest BCUT2D eigenvalue weighted by molar-refractivity contribution is 6.23. The van der Waals surface area contributed by atoms with Crippen molar-refractivity contribution in [3.8, 4) is 44.7 Å². The van der Waals surface area contributed by atoms with Gasteiger partial charge in [-0.3, -0.25) is 0 Å². The maximum absolute atomic E-state index is 6.78. The molecular weight excluding hydrogens is 705 g/mol. The summed E-state index contributed by atoms with van der Waals surface area (Å²) in [4.78, 5) is 0. The van der Waals surface area contributed by atoms with E-state index in [0.717, 1.165) is 67.2 Å². The first-order valence-corrected chi connectivity index (χ1v) is 20.1. The van der Waals surface area contributed by atoms with Gasteiger partial charge in [0.05, 0.1) is 0 Å². The normalized spacial score (nSPS) is 12.7. The highest BCUT2D eigenvalue weighted by Gasteiger charge is 2.24. The molecule has 2 heteroatoms. The fourth-order valence-corrected chi connectivity index (χ4v) is 9.53. The zero-order valence-electron chi connectivity index (χ0n) is 31.7. The Morgan fingerprint density at radius 1 is 0.362 bits per heavy atom. The van der Waals surface area contributed by atoms with E-state index in [9.17, 15) is 0 Å². The summed E-state index contributed by atoms with van der Waals surface area (Å²) in [6.07, 6.45) is 0.996. The van der Waals surface area contributed by atoms with Crippen LogP contribution < -0.4 is 0 Å². The molecule has 0 aliphatic heterocycles. The van der Waals surface area contributed by atoms with E-state index in [4.69, 9.17) is 8.83 Å². The van der Waals surface area contributed by atoms with Gasteiger partial charge in [-0.2, -0.15) is 0 Å². The van der Waals surface area contributed by atoms with Gasteiger partial charge >= 0.3 is 0 Å². The highest BCUT2D eigenvalue weighted by Crippen LogP contribution is 2.46. The van der Waals surface area contributed by atoms with Gasteiger partial charge in [0.2, 0.25) is 0 Å². The van der Waals surface area contributed by atoms with Crippen molar-refractivity contribution in [2.45, 2.75) is 12.3 Å². The van der Waals surface area contributed by atoms with E-state index >= 15 is 0 Å². The van der Waals surface area contributed by atoms with Crippen molar-refractivity contribution >= 4 is 43.7 Å². The summed E-state index contributed by atoms with van der Waals surface area (Å²) in [5, 5.41) is 5.53. The molecule has 2 aromatic heterocycles. The van der Waals surface area contributed by atoms with E-state index in [1.807, 2.05) is 18.2 Å². The summed E-state index contributed by atoms with van der Waals surface area (Å²) in [7, 11) is 0. The van der Waals surface area contributed by atoms with Gasteiger partial charge in [0.15, 0.2) is 0 Å². The molecule has 0 bridgehead atoms. The lowest BCUT2D eigenvalue weighted by Gasteiger charge is -2.21. The van der Waals surface area contributed by atoms with E-state index in [1.54, 1.807) is 0 Å². The van der Waals surface area contributed by atoms with Crippen LogP contribution in [0.5, 0.6) is 0 Å². The summed E-state index contributed by atoms with van der Waals surface area (Å²) in [5.41, 5.74) is 17.6. The average molecular weight is 741 g/mol. The first-order chi connectivity index (χ1) is 28.7. The first kappa shape index (κ1) is 32.8. The van der Waals surface area contributed by atoms with Crippen molar-refractivity contribution in [1.29, 1.82) is 0 Å². The predicted molar refractivity (Wildman–Crippen MR) is 239 cm³/mol. The zero-order valence-corrected chi connectivity index (χ0v) is 31.7. The Hall–Kier alpha value is -7.42. The van der Waals surface area contributed by atoms with Gasteiger partial charge in [0.1, 0.15) is 22.5 Å². The topological polar surface area (TPSA) is 26.3 Å². The largest absolute Gasteiger partial charge is 0.455 e. The lowest BCUT2D eigenvalue weighted by molar-refractivity contribution is 0.632. The number of para-hydroxylation sites is 1. The Kier molecular flexibility index (Phi) is 7.39. The minimum absolute atomic E-state index is 0.0969. The Balaban J connectivity index is 1.01. The van der Waals surface area contributed by atoms with Crippen LogP contribution in [0.4, 0.5) is 0 Å². The summed E-state index contributed by atoms with van der Waals surface area (Å²) < 4.78 is 13.4. The molecule has 2 nitrogen and oxygen atoms in total. The number of hydrogen-bond acceptors (Lipinski definition) is 2. The molecular formula is C56H36O2. The molecule has 1 atom stereocenters. The molecule has 272 valence electrons. The molecule has 0 spiro atoms. The first-order valence-electron chi connectivity index (χ1n) is 20.1. The molecule has 1 aliphatic carbocycles. The second-order valence-corrected chi connectivity index (χ2v) is 15.5. The smallest absolute Gasteiger partial charge is 0.143 e. The fourth-order valence-electron chi connectivity index (χ4n) is 9.53. The third-order valence-electron chi connectivity index (χ3n) is 12.2. The van der Waals surface area contributed by atoms with Gasteiger partial charge in [-0.1, -0.05) is 176 Å². The van der Waals surface area contributed by atoms with E-state index in [-0.39, 0.29) is 5.92 Å². The fraction of sp³-hybridized carbons (Fsp3) is 0.0357. The maximum atomic E-state index is 6.78. The Labute approximate surface area is 336 Å². The minimum Gasteiger partial charge on any atom is -0.455 e. The van der Waals surface area contributed by atoms with E-state index < -0.39 is 0 Å².